The van der Waals surface area contributed by atoms with Crippen molar-refractivity contribution in [3.63, 3.8) is 0 Å². The molecule has 18 heavy (non-hydrogen) atoms. The molecule has 100 valence electrons. The minimum absolute atomic E-state index is 0.166. The first-order valence-corrected chi connectivity index (χ1v) is 6.21. The number of carbonyl (C=O) groups is 1. The van der Waals surface area contributed by atoms with E-state index < -0.39 is 6.04 Å². The molecular weight excluding hydrogens is 231 g/mol. The number of nitrogens with one attached hydrogen (secondary N) is 1. The van der Waals surface area contributed by atoms with Crippen LogP contribution >= 0.6 is 0 Å². The third kappa shape index (κ3) is 4.45. The SMILES string of the molecule is CC(C)CC(N)C(=O)N[C@H](C)c1ccc(F)cc1. The molecule has 0 heterocycles. The highest BCUT2D eigenvalue weighted by Crippen LogP contribution is 2.13. The highest BCUT2D eigenvalue weighted by atomic mass is 19.1. The molecule has 0 saturated carbocycles. The first-order valence-electron chi connectivity index (χ1n) is 6.21. The molecule has 3 N–H and O–H groups in total. The summed E-state index contributed by atoms with van der Waals surface area (Å²) in [5, 5.41) is 2.83. The summed E-state index contributed by atoms with van der Waals surface area (Å²) >= 11 is 0. The largest absolute Gasteiger partial charge is 0.348 e. The van der Waals surface area contributed by atoms with Gasteiger partial charge in [0.2, 0.25) is 5.91 Å². The van der Waals surface area contributed by atoms with Crippen LogP contribution < -0.4 is 11.1 Å². The Morgan fingerprint density at radius 2 is 1.83 bits per heavy atom. The second kappa shape index (κ2) is 6.50. The van der Waals surface area contributed by atoms with E-state index in [1.54, 1.807) is 12.1 Å². The number of benzene rings is 1. The van der Waals surface area contributed by atoms with Gasteiger partial charge in [0.15, 0.2) is 0 Å². The van der Waals surface area contributed by atoms with Gasteiger partial charge >= 0.3 is 0 Å². The molecule has 0 aliphatic rings. The zero-order valence-corrected chi connectivity index (χ0v) is 11.1. The second-order valence-corrected chi connectivity index (χ2v) is 5.02. The quantitative estimate of drug-likeness (QED) is 0.845. The van der Waals surface area contributed by atoms with E-state index in [0.29, 0.717) is 12.3 Å². The van der Waals surface area contributed by atoms with Crippen LogP contribution in [-0.4, -0.2) is 11.9 Å². The highest BCUT2D eigenvalue weighted by molar-refractivity contribution is 5.81. The van der Waals surface area contributed by atoms with Crippen molar-refractivity contribution in [3.05, 3.63) is 35.6 Å². The molecule has 0 bridgehead atoms. The summed E-state index contributed by atoms with van der Waals surface area (Å²) in [6.07, 6.45) is 0.655. The highest BCUT2D eigenvalue weighted by Gasteiger charge is 2.17. The lowest BCUT2D eigenvalue weighted by molar-refractivity contribution is -0.123. The zero-order valence-electron chi connectivity index (χ0n) is 11.1. The third-order valence-electron chi connectivity index (χ3n) is 2.79. The van der Waals surface area contributed by atoms with E-state index in [9.17, 15) is 9.18 Å². The molecule has 1 aromatic rings. The monoisotopic (exact) mass is 252 g/mol. The molecular formula is C14H21FN2O. The Kier molecular flexibility index (Phi) is 5.28. The fourth-order valence-corrected chi connectivity index (χ4v) is 1.77. The number of rotatable bonds is 5. The van der Waals surface area contributed by atoms with Gasteiger partial charge in [-0.15, -0.1) is 0 Å². The standard InChI is InChI=1S/C14H21FN2O/c1-9(2)8-13(16)14(18)17-10(3)11-4-6-12(15)7-5-11/h4-7,9-10,13H,8,16H2,1-3H3,(H,17,18)/t10-,13?/m1/s1. The van der Waals surface area contributed by atoms with Crippen LogP contribution in [0.2, 0.25) is 0 Å². The maximum Gasteiger partial charge on any atom is 0.237 e. The van der Waals surface area contributed by atoms with Gasteiger partial charge in [-0.25, -0.2) is 4.39 Å². The Labute approximate surface area is 108 Å². The molecule has 0 fully saturated rings. The van der Waals surface area contributed by atoms with Crippen molar-refractivity contribution in [3.8, 4) is 0 Å². The number of amides is 1. The van der Waals surface area contributed by atoms with E-state index in [2.05, 4.69) is 5.32 Å². The van der Waals surface area contributed by atoms with Crippen LogP contribution in [0.3, 0.4) is 0 Å². The van der Waals surface area contributed by atoms with Gasteiger partial charge in [-0.1, -0.05) is 26.0 Å². The maximum atomic E-state index is 12.8. The van der Waals surface area contributed by atoms with Gasteiger partial charge < -0.3 is 11.1 Å². The number of nitrogens with two attached hydrogens (primary N) is 1. The Morgan fingerprint density at radius 3 is 2.33 bits per heavy atom. The van der Waals surface area contributed by atoms with Gasteiger partial charge in [0.1, 0.15) is 5.82 Å². The van der Waals surface area contributed by atoms with Crippen LogP contribution in [0, 0.1) is 11.7 Å². The lowest BCUT2D eigenvalue weighted by atomic mass is 10.0. The minimum atomic E-state index is -0.493. The molecule has 3 nitrogen and oxygen atoms in total. The minimum Gasteiger partial charge on any atom is -0.348 e. The van der Waals surface area contributed by atoms with E-state index in [4.69, 9.17) is 5.73 Å². The van der Waals surface area contributed by atoms with E-state index in [-0.39, 0.29) is 17.8 Å². The lowest BCUT2D eigenvalue weighted by Gasteiger charge is -2.19. The summed E-state index contributed by atoms with van der Waals surface area (Å²) in [5.41, 5.74) is 6.66. The Hall–Kier alpha value is -1.42. The van der Waals surface area contributed by atoms with Crippen molar-refractivity contribution in [1.29, 1.82) is 0 Å². The average Bonchev–Trinajstić information content (AvgIpc) is 2.28. The van der Waals surface area contributed by atoms with E-state index in [1.165, 1.54) is 12.1 Å². The third-order valence-corrected chi connectivity index (χ3v) is 2.79. The average molecular weight is 252 g/mol. The normalized spacial score (nSPS) is 14.3. The summed E-state index contributed by atoms with van der Waals surface area (Å²) in [7, 11) is 0. The van der Waals surface area contributed by atoms with Crippen LogP contribution in [0.15, 0.2) is 24.3 Å². The van der Waals surface area contributed by atoms with Gasteiger partial charge in [-0.05, 0) is 37.0 Å². The zero-order chi connectivity index (χ0) is 13.7. The predicted molar refractivity (Wildman–Crippen MR) is 70.4 cm³/mol. The predicted octanol–water partition coefficient (Wildman–Crippen LogP) is 2.38. The van der Waals surface area contributed by atoms with E-state index >= 15 is 0 Å². The van der Waals surface area contributed by atoms with E-state index in [0.717, 1.165) is 5.56 Å². The smallest absolute Gasteiger partial charge is 0.237 e. The molecule has 0 aliphatic heterocycles. The molecule has 1 amide bonds. The number of carbonyl (C=O) groups excluding carboxylic acids is 1. The molecule has 1 aromatic carbocycles. The topological polar surface area (TPSA) is 55.1 Å². The number of hydrogen-bond donors (Lipinski definition) is 2. The van der Waals surface area contributed by atoms with Crippen molar-refractivity contribution in [2.24, 2.45) is 11.7 Å². The Balaban J connectivity index is 2.56. The van der Waals surface area contributed by atoms with Gasteiger partial charge in [0, 0.05) is 0 Å². The molecule has 1 unspecified atom stereocenters. The van der Waals surface area contributed by atoms with E-state index in [1.807, 2.05) is 20.8 Å². The number of halogens is 1. The summed E-state index contributed by atoms with van der Waals surface area (Å²) < 4.78 is 12.8. The van der Waals surface area contributed by atoms with Crippen LogP contribution in [0.4, 0.5) is 4.39 Å². The molecule has 0 aliphatic carbocycles. The fraction of sp³-hybridized carbons (Fsp3) is 0.500. The summed E-state index contributed by atoms with van der Waals surface area (Å²) in [5.74, 6) is -0.0683. The maximum absolute atomic E-state index is 12.8. The lowest BCUT2D eigenvalue weighted by Crippen LogP contribution is -2.42. The van der Waals surface area contributed by atoms with Gasteiger partial charge in [0.25, 0.3) is 0 Å². The molecule has 0 radical (unpaired) electrons. The van der Waals surface area contributed by atoms with Crippen LogP contribution in [0.25, 0.3) is 0 Å². The van der Waals surface area contributed by atoms with Crippen LogP contribution in [0.5, 0.6) is 0 Å². The van der Waals surface area contributed by atoms with Gasteiger partial charge in [-0.2, -0.15) is 0 Å². The van der Waals surface area contributed by atoms with Gasteiger partial charge in [0.05, 0.1) is 12.1 Å². The fourth-order valence-electron chi connectivity index (χ4n) is 1.77. The molecule has 1 rings (SSSR count). The summed E-state index contributed by atoms with van der Waals surface area (Å²) in [6.45, 7) is 5.90. The molecule has 0 saturated heterocycles. The number of hydrogen-bond acceptors (Lipinski definition) is 2. The van der Waals surface area contributed by atoms with Crippen LogP contribution in [0.1, 0.15) is 38.8 Å². The summed E-state index contributed by atoms with van der Waals surface area (Å²) in [6, 6.07) is 5.42. The first-order chi connectivity index (χ1) is 8.40. The van der Waals surface area contributed by atoms with Crippen molar-refractivity contribution < 1.29 is 9.18 Å². The second-order valence-electron chi connectivity index (χ2n) is 5.02. The van der Waals surface area contributed by atoms with Gasteiger partial charge in [-0.3, -0.25) is 4.79 Å². The first kappa shape index (κ1) is 14.6. The van der Waals surface area contributed by atoms with Crippen molar-refractivity contribution in [2.75, 3.05) is 0 Å². The molecule has 4 heteroatoms. The Morgan fingerprint density at radius 1 is 1.28 bits per heavy atom. The van der Waals surface area contributed by atoms with Crippen molar-refractivity contribution >= 4 is 5.91 Å². The van der Waals surface area contributed by atoms with Crippen molar-refractivity contribution in [2.45, 2.75) is 39.3 Å². The Bertz CT molecular complexity index is 389. The molecule has 2 atom stereocenters. The molecule has 0 aromatic heterocycles. The molecule has 0 spiro atoms. The van der Waals surface area contributed by atoms with Crippen LogP contribution in [-0.2, 0) is 4.79 Å². The van der Waals surface area contributed by atoms with Crippen molar-refractivity contribution in [1.82, 2.24) is 5.32 Å². The summed E-state index contributed by atoms with van der Waals surface area (Å²) in [4.78, 5) is 11.8.